The molecule has 2 aromatic heterocycles. The molecule has 0 unspecified atom stereocenters. The maximum atomic E-state index is 12.8. The van der Waals surface area contributed by atoms with Crippen molar-refractivity contribution >= 4 is 11.6 Å². The van der Waals surface area contributed by atoms with Crippen molar-refractivity contribution in [3.05, 3.63) is 83.9 Å². The number of nitrogens with one attached hydrogen (secondary N) is 1. The van der Waals surface area contributed by atoms with Gasteiger partial charge in [0.1, 0.15) is 5.82 Å². The first kappa shape index (κ1) is 19.2. The van der Waals surface area contributed by atoms with E-state index in [-0.39, 0.29) is 5.91 Å². The third-order valence-corrected chi connectivity index (χ3v) is 5.57. The number of fused-ring (bicyclic) bond motifs is 1. The molecule has 1 amide bonds. The molecule has 0 spiro atoms. The number of amides is 1. The normalized spacial score (nSPS) is 13.4. The van der Waals surface area contributed by atoms with Crippen LogP contribution >= 0.6 is 0 Å². The van der Waals surface area contributed by atoms with E-state index in [4.69, 9.17) is 0 Å². The van der Waals surface area contributed by atoms with Crippen molar-refractivity contribution in [2.45, 2.75) is 38.8 Å². The molecule has 0 fully saturated rings. The van der Waals surface area contributed by atoms with Gasteiger partial charge in [-0.25, -0.2) is 0 Å². The molecule has 7 heteroatoms. The van der Waals surface area contributed by atoms with Crippen molar-refractivity contribution in [1.29, 1.82) is 0 Å². The molecule has 0 radical (unpaired) electrons. The molecule has 4 aromatic rings. The quantitative estimate of drug-likeness (QED) is 0.534. The second-order valence-electron chi connectivity index (χ2n) is 7.85. The molecular weight excluding hydrogens is 388 g/mol. The summed E-state index contributed by atoms with van der Waals surface area (Å²) in [4.78, 5) is 12.8. The molecule has 31 heavy (non-hydrogen) atoms. The number of aromatic nitrogens is 5. The van der Waals surface area contributed by atoms with E-state index in [0.717, 1.165) is 54.3 Å². The number of benzene rings is 2. The van der Waals surface area contributed by atoms with Crippen LogP contribution in [0.3, 0.4) is 0 Å². The Morgan fingerprint density at radius 1 is 1.00 bits per heavy atom. The topological polar surface area (TPSA) is 77.6 Å². The molecule has 7 nitrogen and oxygen atoms in total. The van der Waals surface area contributed by atoms with Crippen LogP contribution in [-0.4, -0.2) is 30.5 Å². The molecule has 156 valence electrons. The Morgan fingerprint density at radius 2 is 1.90 bits per heavy atom. The van der Waals surface area contributed by atoms with Gasteiger partial charge in [-0.15, -0.1) is 10.2 Å². The highest BCUT2D eigenvalue weighted by atomic mass is 16.1. The minimum Gasteiger partial charge on any atom is -0.322 e. The Bertz CT molecular complexity index is 1190. The lowest BCUT2D eigenvalue weighted by Gasteiger charge is -2.09. The van der Waals surface area contributed by atoms with Crippen molar-refractivity contribution in [3.63, 3.8) is 0 Å². The fourth-order valence-corrected chi connectivity index (χ4v) is 3.98. The Morgan fingerprint density at radius 3 is 2.81 bits per heavy atom. The first-order valence-corrected chi connectivity index (χ1v) is 10.7. The van der Waals surface area contributed by atoms with Crippen molar-refractivity contribution < 1.29 is 4.79 Å². The Labute approximate surface area is 180 Å². The molecule has 2 aromatic carbocycles. The van der Waals surface area contributed by atoms with Crippen molar-refractivity contribution in [2.75, 3.05) is 5.32 Å². The monoisotopic (exact) mass is 412 g/mol. The number of hydrogen-bond donors (Lipinski definition) is 1. The van der Waals surface area contributed by atoms with Crippen LogP contribution in [0.15, 0.2) is 67.0 Å². The standard InChI is InChI=1S/C24H24N6O/c31-24(20-15-25-29(17-20)16-18-8-3-1-4-9-18)26-21-11-7-10-19(14-21)23-28-27-22-12-5-2-6-13-30(22)23/h1,3-4,7-11,14-15,17H,2,5-6,12-13,16H2,(H,26,31). The van der Waals surface area contributed by atoms with Gasteiger partial charge in [-0.1, -0.05) is 48.9 Å². The third-order valence-electron chi connectivity index (χ3n) is 5.57. The van der Waals surface area contributed by atoms with Crippen LogP contribution in [0.5, 0.6) is 0 Å². The first-order chi connectivity index (χ1) is 15.3. The lowest BCUT2D eigenvalue weighted by Crippen LogP contribution is -2.11. The minimum atomic E-state index is -0.184. The van der Waals surface area contributed by atoms with E-state index in [2.05, 4.69) is 25.2 Å². The predicted octanol–water partition coefficient (Wildman–Crippen LogP) is 4.17. The summed E-state index contributed by atoms with van der Waals surface area (Å²) in [6.45, 7) is 1.57. The van der Waals surface area contributed by atoms with Crippen LogP contribution in [0.25, 0.3) is 11.4 Å². The van der Waals surface area contributed by atoms with Crippen LogP contribution < -0.4 is 5.32 Å². The summed E-state index contributed by atoms with van der Waals surface area (Å²) >= 11 is 0. The fraction of sp³-hybridized carbons (Fsp3) is 0.250. The lowest BCUT2D eigenvalue weighted by atomic mass is 10.1. The molecule has 0 saturated heterocycles. The van der Waals surface area contributed by atoms with E-state index in [1.165, 1.54) is 6.42 Å². The summed E-state index contributed by atoms with van der Waals surface area (Å²) in [5.74, 6) is 1.73. The van der Waals surface area contributed by atoms with E-state index in [1.54, 1.807) is 17.1 Å². The molecule has 0 aliphatic carbocycles. The number of carbonyl (C=O) groups is 1. The molecule has 0 saturated carbocycles. The zero-order valence-corrected chi connectivity index (χ0v) is 17.2. The predicted molar refractivity (Wildman–Crippen MR) is 119 cm³/mol. The molecule has 1 N–H and O–H groups in total. The minimum absolute atomic E-state index is 0.184. The summed E-state index contributed by atoms with van der Waals surface area (Å²) in [5.41, 5.74) is 3.35. The van der Waals surface area contributed by atoms with Crippen LogP contribution in [0.4, 0.5) is 5.69 Å². The zero-order chi connectivity index (χ0) is 21.0. The van der Waals surface area contributed by atoms with Crippen LogP contribution in [-0.2, 0) is 19.5 Å². The molecule has 1 aliphatic rings. The lowest BCUT2D eigenvalue weighted by molar-refractivity contribution is 0.102. The highest BCUT2D eigenvalue weighted by Crippen LogP contribution is 2.25. The highest BCUT2D eigenvalue weighted by molar-refractivity contribution is 6.04. The van der Waals surface area contributed by atoms with Gasteiger partial charge in [0.15, 0.2) is 5.82 Å². The van der Waals surface area contributed by atoms with Gasteiger partial charge in [0.05, 0.1) is 18.3 Å². The summed E-state index contributed by atoms with van der Waals surface area (Å²) < 4.78 is 3.98. The number of hydrogen-bond acceptors (Lipinski definition) is 4. The maximum absolute atomic E-state index is 12.8. The van der Waals surface area contributed by atoms with Gasteiger partial charge in [-0.2, -0.15) is 5.10 Å². The second kappa shape index (κ2) is 8.55. The van der Waals surface area contributed by atoms with Gasteiger partial charge in [0, 0.05) is 30.4 Å². The van der Waals surface area contributed by atoms with Gasteiger partial charge in [-0.3, -0.25) is 9.48 Å². The number of nitrogens with zero attached hydrogens (tertiary/aromatic N) is 5. The summed E-state index contributed by atoms with van der Waals surface area (Å²) in [7, 11) is 0. The van der Waals surface area contributed by atoms with E-state index in [1.807, 2.05) is 54.6 Å². The SMILES string of the molecule is O=C(Nc1cccc(-c2nnc3n2CCCCC3)c1)c1cnn(Cc2ccccc2)c1. The Kier molecular flexibility index (Phi) is 5.31. The average molecular weight is 412 g/mol. The van der Waals surface area contributed by atoms with Crippen molar-refractivity contribution in [1.82, 2.24) is 24.5 Å². The highest BCUT2D eigenvalue weighted by Gasteiger charge is 2.17. The van der Waals surface area contributed by atoms with Crippen LogP contribution in [0.2, 0.25) is 0 Å². The Hall–Kier alpha value is -3.74. The molecule has 0 bridgehead atoms. The maximum Gasteiger partial charge on any atom is 0.258 e. The van der Waals surface area contributed by atoms with Gasteiger partial charge in [0.2, 0.25) is 0 Å². The number of anilines is 1. The van der Waals surface area contributed by atoms with Gasteiger partial charge in [0.25, 0.3) is 5.91 Å². The van der Waals surface area contributed by atoms with Crippen LogP contribution in [0.1, 0.15) is 41.0 Å². The van der Waals surface area contributed by atoms with Gasteiger partial charge in [-0.05, 0) is 30.5 Å². The molecular formula is C24H24N6O. The largest absolute Gasteiger partial charge is 0.322 e. The summed E-state index contributed by atoms with van der Waals surface area (Å²) in [5, 5.41) is 16.1. The second-order valence-corrected chi connectivity index (χ2v) is 7.85. The van der Waals surface area contributed by atoms with Crippen LogP contribution in [0, 0.1) is 0 Å². The van der Waals surface area contributed by atoms with E-state index < -0.39 is 0 Å². The zero-order valence-electron chi connectivity index (χ0n) is 17.2. The van der Waals surface area contributed by atoms with Crippen molar-refractivity contribution in [3.8, 4) is 11.4 Å². The summed E-state index contributed by atoms with van der Waals surface area (Å²) in [6.07, 6.45) is 7.85. The molecule has 0 atom stereocenters. The van der Waals surface area contributed by atoms with E-state index in [9.17, 15) is 4.79 Å². The number of carbonyl (C=O) groups excluding carboxylic acids is 1. The average Bonchev–Trinajstić information content (AvgIpc) is 3.36. The number of aryl methyl sites for hydroxylation is 1. The van der Waals surface area contributed by atoms with Gasteiger partial charge < -0.3 is 9.88 Å². The molecule has 3 heterocycles. The first-order valence-electron chi connectivity index (χ1n) is 10.7. The number of rotatable bonds is 5. The third kappa shape index (κ3) is 4.26. The fourth-order valence-electron chi connectivity index (χ4n) is 3.98. The van der Waals surface area contributed by atoms with Gasteiger partial charge >= 0.3 is 0 Å². The van der Waals surface area contributed by atoms with Crippen molar-refractivity contribution in [2.24, 2.45) is 0 Å². The molecule has 5 rings (SSSR count). The Balaban J connectivity index is 1.31. The van der Waals surface area contributed by atoms with E-state index >= 15 is 0 Å². The summed E-state index contributed by atoms with van der Waals surface area (Å²) in [6, 6.07) is 17.8. The molecule has 1 aliphatic heterocycles. The smallest absolute Gasteiger partial charge is 0.258 e. The van der Waals surface area contributed by atoms with E-state index in [0.29, 0.717) is 12.1 Å².